The first-order valence-corrected chi connectivity index (χ1v) is 8.31. The Morgan fingerprint density at radius 2 is 2.19 bits per heavy atom. The number of hydrogen-bond acceptors (Lipinski definition) is 4. The first kappa shape index (κ1) is 17.5. The number of amides is 1. The van der Waals surface area contributed by atoms with Crippen LogP contribution in [0.25, 0.3) is 17.0 Å². The largest absolute Gasteiger partial charge is 0.467 e. The Labute approximate surface area is 151 Å². The van der Waals surface area contributed by atoms with Crippen molar-refractivity contribution in [2.45, 2.75) is 19.1 Å². The van der Waals surface area contributed by atoms with E-state index in [4.69, 9.17) is 9.68 Å². The predicted octanol–water partition coefficient (Wildman–Crippen LogP) is 3.01. The SMILES string of the molecule is N#CCCn1cc(/C=C/C(=O)NCC(O)c2ccco2)c2ccccc21. The van der Waals surface area contributed by atoms with Gasteiger partial charge < -0.3 is 19.4 Å². The van der Waals surface area contributed by atoms with Crippen LogP contribution in [0.1, 0.15) is 23.8 Å². The smallest absolute Gasteiger partial charge is 0.244 e. The van der Waals surface area contributed by atoms with Crippen LogP contribution in [0.15, 0.2) is 59.4 Å². The molecule has 6 nitrogen and oxygen atoms in total. The summed E-state index contributed by atoms with van der Waals surface area (Å²) >= 11 is 0. The maximum atomic E-state index is 12.0. The molecular formula is C20H19N3O3. The topological polar surface area (TPSA) is 91.2 Å². The van der Waals surface area contributed by atoms with E-state index in [0.29, 0.717) is 18.7 Å². The second-order valence-electron chi connectivity index (χ2n) is 5.81. The molecule has 0 saturated carbocycles. The van der Waals surface area contributed by atoms with Gasteiger partial charge in [-0.15, -0.1) is 0 Å². The fourth-order valence-corrected chi connectivity index (χ4v) is 2.77. The average Bonchev–Trinajstić information content (AvgIpc) is 3.31. The minimum atomic E-state index is -0.879. The van der Waals surface area contributed by atoms with Crippen molar-refractivity contribution in [2.24, 2.45) is 0 Å². The molecule has 0 spiro atoms. The normalized spacial score (nSPS) is 12.3. The molecule has 132 valence electrons. The summed E-state index contributed by atoms with van der Waals surface area (Å²) in [5, 5.41) is 22.4. The van der Waals surface area contributed by atoms with Crippen LogP contribution in [-0.4, -0.2) is 22.1 Å². The fourth-order valence-electron chi connectivity index (χ4n) is 2.77. The number of carbonyl (C=O) groups is 1. The number of aliphatic hydroxyl groups is 1. The number of para-hydroxylation sites is 1. The van der Waals surface area contributed by atoms with Gasteiger partial charge in [0.1, 0.15) is 11.9 Å². The molecule has 0 aliphatic carbocycles. The van der Waals surface area contributed by atoms with E-state index in [-0.39, 0.29) is 12.5 Å². The Morgan fingerprint density at radius 3 is 2.96 bits per heavy atom. The number of carbonyl (C=O) groups excluding carboxylic acids is 1. The first-order valence-electron chi connectivity index (χ1n) is 8.31. The van der Waals surface area contributed by atoms with Gasteiger partial charge in [0.25, 0.3) is 0 Å². The van der Waals surface area contributed by atoms with E-state index in [9.17, 15) is 9.90 Å². The van der Waals surface area contributed by atoms with Crippen molar-refractivity contribution in [3.63, 3.8) is 0 Å². The number of furan rings is 1. The molecule has 0 fully saturated rings. The highest BCUT2D eigenvalue weighted by Crippen LogP contribution is 2.22. The fraction of sp³-hybridized carbons (Fsp3) is 0.200. The molecule has 1 amide bonds. The zero-order valence-corrected chi connectivity index (χ0v) is 14.1. The maximum absolute atomic E-state index is 12.0. The van der Waals surface area contributed by atoms with E-state index < -0.39 is 6.10 Å². The lowest BCUT2D eigenvalue weighted by Gasteiger charge is -2.07. The third-order valence-electron chi connectivity index (χ3n) is 4.04. The summed E-state index contributed by atoms with van der Waals surface area (Å²) in [7, 11) is 0. The maximum Gasteiger partial charge on any atom is 0.244 e. The van der Waals surface area contributed by atoms with Crippen LogP contribution in [0, 0.1) is 11.3 Å². The second-order valence-corrected chi connectivity index (χ2v) is 5.81. The van der Waals surface area contributed by atoms with Crippen LogP contribution in [0.2, 0.25) is 0 Å². The van der Waals surface area contributed by atoms with E-state index in [1.807, 2.05) is 35.0 Å². The van der Waals surface area contributed by atoms with E-state index in [1.54, 1.807) is 18.2 Å². The number of benzene rings is 1. The van der Waals surface area contributed by atoms with Crippen LogP contribution in [-0.2, 0) is 11.3 Å². The van der Waals surface area contributed by atoms with Crippen molar-refractivity contribution in [1.29, 1.82) is 5.26 Å². The Morgan fingerprint density at radius 1 is 1.35 bits per heavy atom. The minimum absolute atomic E-state index is 0.0701. The number of hydrogen-bond donors (Lipinski definition) is 2. The molecule has 1 aromatic carbocycles. The van der Waals surface area contributed by atoms with Crippen molar-refractivity contribution in [3.05, 3.63) is 66.3 Å². The lowest BCUT2D eigenvalue weighted by molar-refractivity contribution is -0.116. The van der Waals surface area contributed by atoms with Gasteiger partial charge in [-0.05, 0) is 24.3 Å². The van der Waals surface area contributed by atoms with E-state index in [2.05, 4.69) is 11.4 Å². The van der Waals surface area contributed by atoms with Crippen LogP contribution in [0.5, 0.6) is 0 Å². The van der Waals surface area contributed by atoms with Crippen molar-refractivity contribution in [3.8, 4) is 6.07 Å². The highest BCUT2D eigenvalue weighted by Gasteiger charge is 2.11. The van der Waals surface area contributed by atoms with Gasteiger partial charge in [0.15, 0.2) is 0 Å². The lowest BCUT2D eigenvalue weighted by Crippen LogP contribution is -2.26. The molecule has 26 heavy (non-hydrogen) atoms. The quantitative estimate of drug-likeness (QED) is 0.642. The monoisotopic (exact) mass is 349 g/mol. The van der Waals surface area contributed by atoms with E-state index in [1.165, 1.54) is 12.3 Å². The number of fused-ring (bicyclic) bond motifs is 1. The van der Waals surface area contributed by atoms with Gasteiger partial charge >= 0.3 is 0 Å². The highest BCUT2D eigenvalue weighted by atomic mass is 16.4. The Kier molecular flexibility index (Phi) is 5.52. The number of aromatic nitrogens is 1. The number of nitriles is 1. The van der Waals surface area contributed by atoms with Crippen molar-refractivity contribution in [1.82, 2.24) is 9.88 Å². The Balaban J connectivity index is 1.68. The third kappa shape index (κ3) is 4.02. The van der Waals surface area contributed by atoms with Crippen LogP contribution < -0.4 is 5.32 Å². The zero-order valence-electron chi connectivity index (χ0n) is 14.1. The minimum Gasteiger partial charge on any atom is -0.467 e. The molecule has 0 aliphatic rings. The van der Waals surface area contributed by atoms with Crippen LogP contribution in [0.3, 0.4) is 0 Å². The molecule has 0 saturated heterocycles. The van der Waals surface area contributed by atoms with Crippen molar-refractivity contribution < 1.29 is 14.3 Å². The highest BCUT2D eigenvalue weighted by molar-refractivity contribution is 5.96. The zero-order chi connectivity index (χ0) is 18.4. The summed E-state index contributed by atoms with van der Waals surface area (Å²) < 4.78 is 7.11. The molecule has 2 N–H and O–H groups in total. The lowest BCUT2D eigenvalue weighted by atomic mass is 10.1. The van der Waals surface area contributed by atoms with Gasteiger partial charge in [0.2, 0.25) is 5.91 Å². The van der Waals surface area contributed by atoms with Crippen molar-refractivity contribution in [2.75, 3.05) is 6.54 Å². The van der Waals surface area contributed by atoms with Gasteiger partial charge in [-0.1, -0.05) is 18.2 Å². The van der Waals surface area contributed by atoms with Gasteiger partial charge in [0.05, 0.1) is 25.3 Å². The van der Waals surface area contributed by atoms with E-state index >= 15 is 0 Å². The van der Waals surface area contributed by atoms with Crippen molar-refractivity contribution >= 4 is 22.9 Å². The van der Waals surface area contributed by atoms with Crippen LogP contribution in [0.4, 0.5) is 0 Å². The first-order chi connectivity index (χ1) is 12.7. The molecule has 1 unspecified atom stereocenters. The number of aliphatic hydroxyl groups excluding tert-OH is 1. The molecular weight excluding hydrogens is 330 g/mol. The molecule has 0 bridgehead atoms. The molecule has 0 aliphatic heterocycles. The number of aryl methyl sites for hydroxylation is 1. The summed E-state index contributed by atoms with van der Waals surface area (Å²) in [5.41, 5.74) is 1.93. The van der Waals surface area contributed by atoms with Gasteiger partial charge in [-0.25, -0.2) is 0 Å². The molecule has 6 heteroatoms. The summed E-state index contributed by atoms with van der Waals surface area (Å²) in [6, 6.07) is 13.3. The number of nitrogens with one attached hydrogen (secondary N) is 1. The Bertz CT molecular complexity index is 949. The molecule has 2 heterocycles. The average molecular weight is 349 g/mol. The molecule has 0 radical (unpaired) electrons. The molecule has 2 aromatic heterocycles. The van der Waals surface area contributed by atoms with Gasteiger partial charge in [-0.3, -0.25) is 4.79 Å². The molecule has 1 atom stereocenters. The molecule has 3 aromatic rings. The summed E-state index contributed by atoms with van der Waals surface area (Å²) in [4.78, 5) is 12.0. The Hall–Kier alpha value is -3.30. The summed E-state index contributed by atoms with van der Waals surface area (Å²) in [5.74, 6) is 0.110. The van der Waals surface area contributed by atoms with E-state index in [0.717, 1.165) is 16.5 Å². The summed E-state index contributed by atoms with van der Waals surface area (Å²) in [6.45, 7) is 0.674. The third-order valence-corrected chi connectivity index (χ3v) is 4.04. The van der Waals surface area contributed by atoms with Gasteiger partial charge in [-0.2, -0.15) is 5.26 Å². The predicted molar refractivity (Wildman–Crippen MR) is 97.9 cm³/mol. The summed E-state index contributed by atoms with van der Waals surface area (Å²) in [6.07, 6.45) is 6.12. The van der Waals surface area contributed by atoms with Crippen LogP contribution >= 0.6 is 0 Å². The second kappa shape index (κ2) is 8.19. The van der Waals surface area contributed by atoms with Gasteiger partial charge in [0, 0.05) is 35.3 Å². The number of rotatable bonds is 7. The molecule has 3 rings (SSSR count). The standard InChI is InChI=1S/C20H19N3O3/c21-10-4-11-23-14-15(16-5-1-2-6-17(16)23)8-9-20(25)22-13-18(24)19-7-3-12-26-19/h1-3,5-9,12,14,18,24H,4,11,13H2,(H,22,25)/b9-8+. The number of nitrogens with zero attached hydrogens (tertiary/aromatic N) is 2.